The number of phenolic OH excluding ortho intramolecular Hbond substituents is 1. The van der Waals surface area contributed by atoms with Gasteiger partial charge in [-0.15, -0.1) is 0 Å². The van der Waals surface area contributed by atoms with Crippen LogP contribution in [0.25, 0.3) is 10.9 Å². The van der Waals surface area contributed by atoms with E-state index < -0.39 is 0 Å². The lowest BCUT2D eigenvalue weighted by atomic mass is 10.1. The smallest absolute Gasteiger partial charge is 0.139 e. The summed E-state index contributed by atoms with van der Waals surface area (Å²) in [6.45, 7) is 0.880. The van der Waals surface area contributed by atoms with Gasteiger partial charge in [-0.1, -0.05) is 42.5 Å². The first kappa shape index (κ1) is 10.9. The largest absolute Gasteiger partial charge is 0.506 e. The highest BCUT2D eigenvalue weighted by molar-refractivity contribution is 5.85. The number of hydrogen-bond acceptors (Lipinski definition) is 1. The van der Waals surface area contributed by atoms with Crippen LogP contribution < -0.4 is 0 Å². The number of hydrogen-bond donors (Lipinski definition) is 1. The van der Waals surface area contributed by atoms with Crippen LogP contribution in [-0.4, -0.2) is 9.67 Å². The van der Waals surface area contributed by atoms with Crippen LogP contribution in [0.15, 0.2) is 60.8 Å². The van der Waals surface area contributed by atoms with Crippen molar-refractivity contribution in [2.75, 3.05) is 0 Å². The van der Waals surface area contributed by atoms with Crippen molar-refractivity contribution in [1.29, 1.82) is 0 Å². The van der Waals surface area contributed by atoms with Crippen molar-refractivity contribution in [2.24, 2.45) is 0 Å². The van der Waals surface area contributed by atoms with Gasteiger partial charge in [0.25, 0.3) is 0 Å². The number of aromatic nitrogens is 1. The minimum Gasteiger partial charge on any atom is -0.506 e. The average Bonchev–Trinajstić information content (AvgIpc) is 2.82. The molecule has 0 unspecified atom stereocenters. The number of aryl methyl sites for hydroxylation is 2. The van der Waals surface area contributed by atoms with E-state index in [1.165, 1.54) is 5.56 Å². The molecule has 0 aliphatic heterocycles. The third-order valence-electron chi connectivity index (χ3n) is 3.25. The van der Waals surface area contributed by atoms with Gasteiger partial charge in [-0.05, 0) is 24.1 Å². The molecular weight excluding hydrogens is 222 g/mol. The van der Waals surface area contributed by atoms with Gasteiger partial charge in [0.1, 0.15) is 5.75 Å². The molecule has 0 bridgehead atoms. The van der Waals surface area contributed by atoms with Crippen molar-refractivity contribution in [3.05, 3.63) is 66.4 Å². The maximum Gasteiger partial charge on any atom is 0.139 e. The van der Waals surface area contributed by atoms with E-state index in [4.69, 9.17) is 0 Å². The summed E-state index contributed by atoms with van der Waals surface area (Å²) in [6.07, 6.45) is 3.01. The Bertz CT molecular complexity index is 655. The molecule has 0 radical (unpaired) electrons. The van der Waals surface area contributed by atoms with Crippen molar-refractivity contribution >= 4 is 10.9 Å². The van der Waals surface area contributed by atoms with E-state index in [1.807, 2.05) is 30.5 Å². The molecule has 90 valence electrons. The number of para-hydroxylation sites is 1. The Morgan fingerprint density at radius 3 is 2.56 bits per heavy atom. The highest BCUT2D eigenvalue weighted by atomic mass is 16.3. The first-order valence-corrected chi connectivity index (χ1v) is 6.15. The molecule has 2 aromatic carbocycles. The van der Waals surface area contributed by atoms with E-state index in [1.54, 1.807) is 6.07 Å². The van der Waals surface area contributed by atoms with E-state index in [9.17, 15) is 5.11 Å². The van der Waals surface area contributed by atoms with Gasteiger partial charge in [0.15, 0.2) is 0 Å². The highest BCUT2D eigenvalue weighted by Gasteiger charge is 2.05. The van der Waals surface area contributed by atoms with Crippen LogP contribution in [-0.2, 0) is 13.0 Å². The van der Waals surface area contributed by atoms with Gasteiger partial charge in [-0.3, -0.25) is 0 Å². The van der Waals surface area contributed by atoms with Crippen LogP contribution in [0.5, 0.6) is 5.75 Å². The summed E-state index contributed by atoms with van der Waals surface area (Å²) in [7, 11) is 0. The molecule has 0 aliphatic carbocycles. The minimum absolute atomic E-state index is 0.352. The van der Waals surface area contributed by atoms with Crippen molar-refractivity contribution < 1.29 is 5.11 Å². The Morgan fingerprint density at radius 2 is 1.72 bits per heavy atom. The van der Waals surface area contributed by atoms with Crippen LogP contribution in [0.1, 0.15) is 5.56 Å². The Labute approximate surface area is 106 Å². The van der Waals surface area contributed by atoms with Crippen LogP contribution in [0.4, 0.5) is 0 Å². The maximum atomic E-state index is 9.92. The Hall–Kier alpha value is -2.22. The van der Waals surface area contributed by atoms with E-state index in [-0.39, 0.29) is 0 Å². The molecule has 1 heterocycles. The number of aromatic hydroxyl groups is 1. The second-order valence-electron chi connectivity index (χ2n) is 4.46. The Balaban J connectivity index is 1.87. The first-order valence-electron chi connectivity index (χ1n) is 6.15. The van der Waals surface area contributed by atoms with Crippen molar-refractivity contribution in [3.8, 4) is 5.75 Å². The Morgan fingerprint density at radius 1 is 0.889 bits per heavy atom. The zero-order chi connectivity index (χ0) is 12.4. The van der Waals surface area contributed by atoms with Crippen LogP contribution in [0.2, 0.25) is 0 Å². The fourth-order valence-electron chi connectivity index (χ4n) is 2.32. The molecule has 0 aliphatic rings. The zero-order valence-electron chi connectivity index (χ0n) is 10.1. The van der Waals surface area contributed by atoms with Crippen LogP contribution in [0, 0.1) is 0 Å². The number of rotatable bonds is 3. The molecule has 3 aromatic rings. The van der Waals surface area contributed by atoms with Crippen LogP contribution >= 0.6 is 0 Å². The molecule has 0 amide bonds. The predicted octanol–water partition coefficient (Wildman–Crippen LogP) is 3.59. The van der Waals surface area contributed by atoms with Crippen molar-refractivity contribution in [3.63, 3.8) is 0 Å². The lowest BCUT2D eigenvalue weighted by Crippen LogP contribution is -1.99. The maximum absolute atomic E-state index is 9.92. The summed E-state index contributed by atoms with van der Waals surface area (Å²) in [4.78, 5) is 0. The molecular formula is C16H15NO. The second kappa shape index (κ2) is 4.57. The van der Waals surface area contributed by atoms with Gasteiger partial charge in [0, 0.05) is 18.1 Å². The van der Waals surface area contributed by atoms with Gasteiger partial charge < -0.3 is 9.67 Å². The quantitative estimate of drug-likeness (QED) is 0.740. The van der Waals surface area contributed by atoms with E-state index in [2.05, 4.69) is 28.8 Å². The molecule has 3 rings (SSSR count). The van der Waals surface area contributed by atoms with Gasteiger partial charge in [-0.25, -0.2) is 0 Å². The molecule has 1 N–H and O–H groups in total. The first-order chi connectivity index (χ1) is 8.84. The summed E-state index contributed by atoms with van der Waals surface area (Å²) in [5.74, 6) is 0.352. The van der Waals surface area contributed by atoms with Crippen LogP contribution in [0.3, 0.4) is 0 Å². The topological polar surface area (TPSA) is 25.2 Å². The number of benzene rings is 2. The third kappa shape index (κ3) is 1.97. The second-order valence-corrected chi connectivity index (χ2v) is 4.46. The summed E-state index contributed by atoms with van der Waals surface area (Å²) in [5, 5.41) is 11.0. The van der Waals surface area contributed by atoms with Crippen molar-refractivity contribution in [1.82, 2.24) is 4.57 Å². The summed E-state index contributed by atoms with van der Waals surface area (Å²) >= 11 is 0. The monoisotopic (exact) mass is 237 g/mol. The predicted molar refractivity (Wildman–Crippen MR) is 73.7 cm³/mol. The standard InChI is InChI=1S/C16H15NO/c18-15-8-4-7-14-10-12-17(16(14)15)11-9-13-5-2-1-3-6-13/h1-8,10,12,18H,9,11H2. The molecule has 2 heteroatoms. The molecule has 18 heavy (non-hydrogen) atoms. The molecule has 1 aromatic heterocycles. The fraction of sp³-hybridized carbons (Fsp3) is 0.125. The SMILES string of the molecule is Oc1cccc2ccn(CCc3ccccc3)c12. The fourth-order valence-corrected chi connectivity index (χ4v) is 2.32. The lowest BCUT2D eigenvalue weighted by Gasteiger charge is -2.06. The average molecular weight is 237 g/mol. The molecule has 2 nitrogen and oxygen atoms in total. The van der Waals surface area contributed by atoms with E-state index in [0.717, 1.165) is 23.9 Å². The van der Waals surface area contributed by atoms with Crippen molar-refractivity contribution in [2.45, 2.75) is 13.0 Å². The van der Waals surface area contributed by atoms with Gasteiger partial charge in [0.2, 0.25) is 0 Å². The number of fused-ring (bicyclic) bond motifs is 1. The molecule has 0 atom stereocenters. The summed E-state index contributed by atoms with van der Waals surface area (Å²) in [5.41, 5.74) is 2.24. The van der Waals surface area contributed by atoms with Gasteiger partial charge >= 0.3 is 0 Å². The van der Waals surface area contributed by atoms with Gasteiger partial charge in [0.05, 0.1) is 5.52 Å². The molecule has 0 saturated carbocycles. The number of phenols is 1. The zero-order valence-corrected chi connectivity index (χ0v) is 10.1. The molecule has 0 fully saturated rings. The third-order valence-corrected chi connectivity index (χ3v) is 3.25. The lowest BCUT2D eigenvalue weighted by molar-refractivity contribution is 0.477. The minimum atomic E-state index is 0.352. The number of nitrogens with zero attached hydrogens (tertiary/aromatic N) is 1. The van der Waals surface area contributed by atoms with E-state index >= 15 is 0 Å². The summed E-state index contributed by atoms with van der Waals surface area (Å²) in [6, 6.07) is 18.1. The highest BCUT2D eigenvalue weighted by Crippen LogP contribution is 2.25. The normalized spacial score (nSPS) is 10.9. The van der Waals surface area contributed by atoms with Gasteiger partial charge in [-0.2, -0.15) is 0 Å². The Kier molecular flexibility index (Phi) is 2.77. The van der Waals surface area contributed by atoms with E-state index in [0.29, 0.717) is 5.75 Å². The molecule has 0 saturated heterocycles. The summed E-state index contributed by atoms with van der Waals surface area (Å²) < 4.78 is 2.11. The molecule has 0 spiro atoms.